The zero-order valence-corrected chi connectivity index (χ0v) is 9.90. The third kappa shape index (κ3) is 3.41. The summed E-state index contributed by atoms with van der Waals surface area (Å²) in [7, 11) is 0. The molecule has 0 aliphatic carbocycles. The molecule has 1 rings (SSSR count). The first kappa shape index (κ1) is 11.7. The smallest absolute Gasteiger partial charge is 0.241 e. The number of hydrogen-bond acceptors (Lipinski definition) is 3. The number of hydrogen-bond donors (Lipinski definition) is 1. The van der Waals surface area contributed by atoms with Gasteiger partial charge in [-0.15, -0.1) is 0 Å². The fourth-order valence-corrected chi connectivity index (χ4v) is 1.94. The molecule has 1 heterocycles. The third-order valence-corrected chi connectivity index (χ3v) is 2.98. The minimum atomic E-state index is -0.0241. The van der Waals surface area contributed by atoms with Crippen molar-refractivity contribution in [2.45, 2.75) is 18.9 Å². The van der Waals surface area contributed by atoms with Crippen LogP contribution in [0.5, 0.6) is 0 Å². The van der Waals surface area contributed by atoms with E-state index < -0.39 is 0 Å². The zero-order chi connectivity index (χ0) is 10.4. The van der Waals surface area contributed by atoms with Crippen LogP contribution in [-0.4, -0.2) is 43.0 Å². The first-order chi connectivity index (χ1) is 6.77. The highest BCUT2D eigenvalue weighted by molar-refractivity contribution is 14.1. The molecule has 1 aliphatic rings. The van der Waals surface area contributed by atoms with Crippen LogP contribution in [0.4, 0.5) is 0 Å². The van der Waals surface area contributed by atoms with Gasteiger partial charge in [-0.05, 0) is 12.8 Å². The van der Waals surface area contributed by atoms with Gasteiger partial charge in [0.1, 0.15) is 23.0 Å². The van der Waals surface area contributed by atoms with Gasteiger partial charge in [0, 0.05) is 13.1 Å². The number of carbonyl (C=O) groups excluding carboxylic acids is 2. The molecule has 1 aliphatic heterocycles. The normalized spacial score (nSPS) is 17.9. The number of piperidine rings is 1. The summed E-state index contributed by atoms with van der Waals surface area (Å²) >= 11 is 1.89. The molecule has 14 heavy (non-hydrogen) atoms. The number of halogens is 1. The van der Waals surface area contributed by atoms with Crippen molar-refractivity contribution in [1.82, 2.24) is 10.2 Å². The molecule has 0 aromatic heterocycles. The monoisotopic (exact) mass is 312 g/mol. The summed E-state index contributed by atoms with van der Waals surface area (Å²) < 4.78 is 5.16. The second-order valence-electron chi connectivity index (χ2n) is 3.17. The van der Waals surface area contributed by atoms with Gasteiger partial charge in [0.25, 0.3) is 0 Å². The van der Waals surface area contributed by atoms with Crippen LogP contribution in [0.25, 0.3) is 0 Å². The maximum atomic E-state index is 11.4. The van der Waals surface area contributed by atoms with E-state index in [0.717, 1.165) is 12.8 Å². The maximum Gasteiger partial charge on any atom is 0.241 e. The third-order valence-electron chi connectivity index (χ3n) is 2.26. The summed E-state index contributed by atoms with van der Waals surface area (Å²) in [4.78, 5) is 23.2. The Morgan fingerprint density at radius 1 is 1.57 bits per heavy atom. The van der Waals surface area contributed by atoms with Crippen LogP contribution in [0.3, 0.4) is 0 Å². The summed E-state index contributed by atoms with van der Waals surface area (Å²) in [6.45, 7) is 1.53. The summed E-state index contributed by atoms with van der Waals surface area (Å²) in [6, 6.07) is 0. The van der Waals surface area contributed by atoms with Gasteiger partial charge in [0.05, 0.1) is 12.6 Å². The van der Waals surface area contributed by atoms with Crippen molar-refractivity contribution in [3.05, 3.63) is 0 Å². The minimum absolute atomic E-state index is 0.0241. The van der Waals surface area contributed by atoms with Gasteiger partial charge in [-0.3, -0.25) is 9.59 Å². The molecule has 0 aromatic carbocycles. The molecule has 2 amide bonds. The Morgan fingerprint density at radius 3 is 2.71 bits per heavy atom. The summed E-state index contributed by atoms with van der Waals surface area (Å²) in [6.07, 6.45) is 2.54. The van der Waals surface area contributed by atoms with Gasteiger partial charge in [0.15, 0.2) is 0 Å². The molecule has 0 radical (unpaired) electrons. The largest absolute Gasteiger partial charge is 0.350 e. The van der Waals surface area contributed by atoms with Crippen LogP contribution < -0.4 is 5.32 Å². The Kier molecular flexibility index (Phi) is 5.16. The zero-order valence-electron chi connectivity index (χ0n) is 7.74. The van der Waals surface area contributed by atoms with E-state index in [1.807, 2.05) is 23.0 Å². The molecule has 0 spiro atoms. The van der Waals surface area contributed by atoms with Crippen molar-refractivity contribution in [2.24, 2.45) is 0 Å². The Labute approximate surface area is 96.8 Å². The topological polar surface area (TPSA) is 58.6 Å². The maximum absolute atomic E-state index is 11.4. The number of carbonyl (C=O) groups is 2. The molecule has 1 fully saturated rings. The average molecular weight is 312 g/mol. The number of nitrogens with zero attached hydrogens (tertiary/aromatic N) is 1. The molecule has 1 saturated heterocycles. The molecule has 5 nitrogen and oxygen atoms in total. The average Bonchev–Trinajstić information content (AvgIpc) is 2.26. The van der Waals surface area contributed by atoms with Crippen LogP contribution in [0.15, 0.2) is 0 Å². The van der Waals surface area contributed by atoms with Gasteiger partial charge < -0.3 is 13.3 Å². The molecule has 1 N–H and O–H groups in total. The Morgan fingerprint density at radius 2 is 2.21 bits per heavy atom. The number of likely N-dealkylation sites (tertiary alicyclic amines) is 1. The fraction of sp³-hybridized carbons (Fsp3) is 0.750. The van der Waals surface area contributed by atoms with E-state index in [4.69, 9.17) is 3.07 Å². The molecular formula is C8H13IN2O3. The van der Waals surface area contributed by atoms with Gasteiger partial charge in [0.2, 0.25) is 12.3 Å². The van der Waals surface area contributed by atoms with E-state index in [2.05, 4.69) is 5.32 Å². The standard InChI is InChI=1S/C8H13IN2O3/c9-14-7-1-3-11(4-2-7)8(13)5-10-6-12/h6-7H,1-5H2,(H,10,12). The molecule has 6 heteroatoms. The van der Waals surface area contributed by atoms with Gasteiger partial charge >= 0.3 is 0 Å². The van der Waals surface area contributed by atoms with Crippen molar-refractivity contribution in [3.8, 4) is 0 Å². The van der Waals surface area contributed by atoms with Gasteiger partial charge in [-0.1, -0.05) is 0 Å². The second-order valence-corrected chi connectivity index (χ2v) is 3.68. The van der Waals surface area contributed by atoms with Crippen LogP contribution in [0.1, 0.15) is 12.8 Å². The summed E-state index contributed by atoms with van der Waals surface area (Å²) in [5, 5.41) is 2.37. The SMILES string of the molecule is O=CNCC(=O)N1CCC(OI)CC1. The van der Waals surface area contributed by atoms with E-state index in [-0.39, 0.29) is 18.6 Å². The lowest BCUT2D eigenvalue weighted by Gasteiger charge is -2.30. The number of rotatable bonds is 4. The number of amides is 2. The van der Waals surface area contributed by atoms with E-state index in [1.165, 1.54) is 0 Å². The molecule has 0 bridgehead atoms. The van der Waals surface area contributed by atoms with Crippen molar-refractivity contribution in [1.29, 1.82) is 0 Å². The van der Waals surface area contributed by atoms with E-state index >= 15 is 0 Å². The molecule has 0 saturated carbocycles. The van der Waals surface area contributed by atoms with E-state index in [1.54, 1.807) is 4.90 Å². The first-order valence-corrected chi connectivity index (χ1v) is 5.38. The lowest BCUT2D eigenvalue weighted by molar-refractivity contribution is -0.132. The van der Waals surface area contributed by atoms with Gasteiger partial charge in [-0.2, -0.15) is 0 Å². The van der Waals surface area contributed by atoms with Crippen molar-refractivity contribution >= 4 is 35.3 Å². The molecule has 0 atom stereocenters. The predicted molar refractivity (Wildman–Crippen MR) is 58.8 cm³/mol. The molecule has 80 valence electrons. The molecule has 0 aromatic rings. The highest BCUT2D eigenvalue weighted by Gasteiger charge is 2.22. The summed E-state index contributed by atoms with van der Waals surface area (Å²) in [5.74, 6) is -0.0241. The van der Waals surface area contributed by atoms with E-state index in [9.17, 15) is 9.59 Å². The highest BCUT2D eigenvalue weighted by atomic mass is 127. The quantitative estimate of drug-likeness (QED) is 0.591. The molecule has 0 unspecified atom stereocenters. The second kappa shape index (κ2) is 6.18. The van der Waals surface area contributed by atoms with Crippen LogP contribution in [-0.2, 0) is 12.7 Å². The van der Waals surface area contributed by atoms with Crippen molar-refractivity contribution in [3.63, 3.8) is 0 Å². The lowest BCUT2D eigenvalue weighted by atomic mass is 10.1. The minimum Gasteiger partial charge on any atom is -0.350 e. The first-order valence-electron chi connectivity index (χ1n) is 4.50. The van der Waals surface area contributed by atoms with Crippen molar-refractivity contribution < 1.29 is 12.7 Å². The van der Waals surface area contributed by atoms with Crippen LogP contribution in [0, 0.1) is 0 Å². The number of nitrogens with one attached hydrogen (secondary N) is 1. The van der Waals surface area contributed by atoms with Crippen LogP contribution in [0.2, 0.25) is 0 Å². The predicted octanol–water partition coefficient (Wildman–Crippen LogP) is 0.0900. The fourth-order valence-electron chi connectivity index (χ4n) is 1.44. The highest BCUT2D eigenvalue weighted by Crippen LogP contribution is 2.15. The van der Waals surface area contributed by atoms with Crippen molar-refractivity contribution in [2.75, 3.05) is 19.6 Å². The van der Waals surface area contributed by atoms with Gasteiger partial charge in [-0.25, -0.2) is 0 Å². The summed E-state index contributed by atoms with van der Waals surface area (Å²) in [5.41, 5.74) is 0. The lowest BCUT2D eigenvalue weighted by Crippen LogP contribution is -2.43. The Bertz CT molecular complexity index is 205. The Balaban J connectivity index is 2.26. The van der Waals surface area contributed by atoms with Crippen LogP contribution >= 0.6 is 23.0 Å². The molecular weight excluding hydrogens is 299 g/mol. The Hall–Kier alpha value is -0.370. The van der Waals surface area contributed by atoms with E-state index in [0.29, 0.717) is 19.5 Å².